The second-order valence-electron chi connectivity index (χ2n) is 6.79. The molecule has 0 radical (unpaired) electrons. The molecule has 0 saturated carbocycles. The second kappa shape index (κ2) is 7.99. The van der Waals surface area contributed by atoms with Crippen LogP contribution in [0, 0.1) is 5.41 Å². The first-order chi connectivity index (χ1) is 10.3. The van der Waals surface area contributed by atoms with Gasteiger partial charge in [-0.1, -0.05) is 0 Å². The van der Waals surface area contributed by atoms with Crippen LogP contribution in [0.2, 0.25) is 0 Å². The number of hydrogen-bond acceptors (Lipinski definition) is 4. The monoisotopic (exact) mass is 342 g/mol. The molecule has 1 saturated heterocycles. The lowest BCUT2D eigenvalue weighted by molar-refractivity contribution is -0.130. The summed E-state index contributed by atoms with van der Waals surface area (Å²) in [5.74, 6) is 0.757. The molecule has 23 heavy (non-hydrogen) atoms. The van der Waals surface area contributed by atoms with Gasteiger partial charge in [-0.2, -0.15) is 0 Å². The van der Waals surface area contributed by atoms with Gasteiger partial charge in [0.15, 0.2) is 0 Å². The number of nitrogens with two attached hydrogens (primary N) is 1. The summed E-state index contributed by atoms with van der Waals surface area (Å²) < 4.78 is 11.1. The van der Waals surface area contributed by atoms with Crippen molar-refractivity contribution in [2.75, 3.05) is 25.1 Å². The van der Waals surface area contributed by atoms with Crippen molar-refractivity contribution in [2.45, 2.75) is 39.2 Å². The van der Waals surface area contributed by atoms with E-state index in [1.165, 1.54) is 0 Å². The lowest BCUT2D eigenvalue weighted by atomic mass is 9.79. The molecule has 6 heteroatoms. The number of hydrogen-bond donors (Lipinski definition) is 2. The molecule has 1 aliphatic heterocycles. The molecule has 2 rings (SSSR count). The summed E-state index contributed by atoms with van der Waals surface area (Å²) in [7, 11) is 0. The van der Waals surface area contributed by atoms with Gasteiger partial charge in [-0.25, -0.2) is 0 Å². The molecule has 130 valence electrons. The first-order valence-electron chi connectivity index (χ1n) is 7.73. The number of halogens is 1. The van der Waals surface area contributed by atoms with E-state index >= 15 is 0 Å². The highest BCUT2D eigenvalue weighted by Gasteiger charge is 2.38. The number of benzene rings is 1. The molecule has 1 aromatic carbocycles. The highest BCUT2D eigenvalue weighted by Crippen LogP contribution is 2.31. The summed E-state index contributed by atoms with van der Waals surface area (Å²) in [6, 6.07) is 7.42. The predicted molar refractivity (Wildman–Crippen MR) is 94.2 cm³/mol. The molecule has 0 unspecified atom stereocenters. The Morgan fingerprint density at radius 3 is 2.30 bits per heavy atom. The average Bonchev–Trinajstić information content (AvgIpc) is 2.48. The average molecular weight is 343 g/mol. The van der Waals surface area contributed by atoms with Crippen LogP contribution in [0.5, 0.6) is 5.75 Å². The summed E-state index contributed by atoms with van der Waals surface area (Å²) in [5.41, 5.74) is 5.85. The van der Waals surface area contributed by atoms with Crippen molar-refractivity contribution in [3.63, 3.8) is 0 Å². The van der Waals surface area contributed by atoms with Crippen molar-refractivity contribution in [3.8, 4) is 5.75 Å². The number of ether oxygens (including phenoxy) is 2. The van der Waals surface area contributed by atoms with E-state index in [-0.39, 0.29) is 23.9 Å². The zero-order valence-corrected chi connectivity index (χ0v) is 14.9. The number of rotatable bonds is 4. The number of nitrogens with one attached hydrogen (secondary N) is 1. The Hall–Kier alpha value is -1.30. The Morgan fingerprint density at radius 1 is 1.26 bits per heavy atom. The summed E-state index contributed by atoms with van der Waals surface area (Å²) in [5, 5.41) is 2.96. The molecule has 3 N–H and O–H groups in total. The molecule has 1 aromatic rings. The molecule has 0 bridgehead atoms. The van der Waals surface area contributed by atoms with E-state index in [0.717, 1.165) is 11.4 Å². The molecule has 1 aliphatic rings. The minimum Gasteiger partial charge on any atom is -0.488 e. The number of carbonyl (C=O) groups is 1. The summed E-state index contributed by atoms with van der Waals surface area (Å²) in [6.07, 6.45) is 1.33. The maximum atomic E-state index is 12.6. The Bertz CT molecular complexity index is 506. The Morgan fingerprint density at radius 2 is 1.83 bits per heavy atom. The molecule has 5 nitrogen and oxygen atoms in total. The summed E-state index contributed by atoms with van der Waals surface area (Å²) in [4.78, 5) is 12.6. The smallest absolute Gasteiger partial charge is 0.232 e. The zero-order chi connectivity index (χ0) is 16.2. The minimum atomic E-state index is -0.515. The van der Waals surface area contributed by atoms with Crippen molar-refractivity contribution in [1.82, 2.24) is 0 Å². The van der Waals surface area contributed by atoms with E-state index in [1.807, 2.05) is 45.0 Å². The van der Waals surface area contributed by atoms with Gasteiger partial charge in [-0.05, 0) is 57.9 Å². The van der Waals surface area contributed by atoms with Gasteiger partial charge in [0.25, 0.3) is 0 Å². The van der Waals surface area contributed by atoms with Gasteiger partial charge >= 0.3 is 0 Å². The van der Waals surface area contributed by atoms with Crippen LogP contribution < -0.4 is 15.8 Å². The molecule has 1 amide bonds. The van der Waals surface area contributed by atoms with E-state index in [4.69, 9.17) is 15.2 Å². The number of carbonyl (C=O) groups excluding carboxylic acids is 1. The maximum Gasteiger partial charge on any atom is 0.232 e. The first kappa shape index (κ1) is 19.7. The van der Waals surface area contributed by atoms with Crippen LogP contribution in [0.4, 0.5) is 5.69 Å². The lowest BCUT2D eigenvalue weighted by Crippen LogP contribution is -2.46. The van der Waals surface area contributed by atoms with E-state index in [9.17, 15) is 4.79 Å². The zero-order valence-electron chi connectivity index (χ0n) is 14.1. The van der Waals surface area contributed by atoms with Gasteiger partial charge in [0.2, 0.25) is 5.91 Å². The van der Waals surface area contributed by atoms with Gasteiger partial charge < -0.3 is 20.5 Å². The predicted octanol–water partition coefficient (Wildman–Crippen LogP) is 2.98. The van der Waals surface area contributed by atoms with Crippen LogP contribution in [0.1, 0.15) is 33.6 Å². The van der Waals surface area contributed by atoms with Crippen molar-refractivity contribution in [3.05, 3.63) is 24.3 Å². The van der Waals surface area contributed by atoms with Crippen LogP contribution in [-0.4, -0.2) is 31.3 Å². The fraction of sp³-hybridized carbons (Fsp3) is 0.588. The van der Waals surface area contributed by atoms with E-state index in [1.54, 1.807) is 0 Å². The minimum absolute atomic E-state index is 0. The molecular weight excluding hydrogens is 316 g/mol. The number of anilines is 1. The topological polar surface area (TPSA) is 73.6 Å². The van der Waals surface area contributed by atoms with Gasteiger partial charge in [0.05, 0.1) is 5.41 Å². The Kier molecular flexibility index (Phi) is 6.86. The van der Waals surface area contributed by atoms with Gasteiger partial charge in [0, 0.05) is 25.4 Å². The fourth-order valence-corrected chi connectivity index (χ4v) is 2.51. The van der Waals surface area contributed by atoms with Crippen molar-refractivity contribution in [1.29, 1.82) is 0 Å². The quantitative estimate of drug-likeness (QED) is 0.882. The Balaban J connectivity index is 0.00000264. The molecule has 0 atom stereocenters. The molecule has 0 spiro atoms. The van der Waals surface area contributed by atoms with Crippen LogP contribution >= 0.6 is 12.4 Å². The molecule has 0 aliphatic carbocycles. The van der Waals surface area contributed by atoms with Crippen molar-refractivity contribution >= 4 is 24.0 Å². The summed E-state index contributed by atoms with van der Waals surface area (Å²) in [6.45, 7) is 7.51. The molecule has 1 heterocycles. The van der Waals surface area contributed by atoms with Crippen LogP contribution in [0.3, 0.4) is 0 Å². The standard InChI is InChI=1S/C17H26N2O3.ClH/c1-16(2,3)22-14-6-4-13(5-7-14)19-15(20)17(12-18)8-10-21-11-9-17;/h4-7H,8-12,18H2,1-3H3,(H,19,20);1H. The van der Waals surface area contributed by atoms with Gasteiger partial charge in [-0.3, -0.25) is 4.79 Å². The first-order valence-corrected chi connectivity index (χ1v) is 7.73. The van der Waals surface area contributed by atoms with Crippen molar-refractivity contribution < 1.29 is 14.3 Å². The Labute approximate surface area is 144 Å². The van der Waals surface area contributed by atoms with E-state index in [2.05, 4.69) is 5.32 Å². The lowest BCUT2D eigenvalue weighted by Gasteiger charge is -2.34. The van der Waals surface area contributed by atoms with Gasteiger partial charge in [-0.15, -0.1) is 12.4 Å². The third-order valence-corrected chi connectivity index (χ3v) is 3.86. The van der Waals surface area contributed by atoms with Crippen LogP contribution in [-0.2, 0) is 9.53 Å². The fourth-order valence-electron chi connectivity index (χ4n) is 2.51. The normalized spacial score (nSPS) is 17.0. The number of amides is 1. The highest BCUT2D eigenvalue weighted by molar-refractivity contribution is 5.95. The molecular formula is C17H27ClN2O3. The van der Waals surface area contributed by atoms with Crippen molar-refractivity contribution in [2.24, 2.45) is 11.1 Å². The third-order valence-electron chi connectivity index (χ3n) is 3.86. The van der Waals surface area contributed by atoms with Crippen LogP contribution in [0.15, 0.2) is 24.3 Å². The second-order valence-corrected chi connectivity index (χ2v) is 6.79. The van der Waals surface area contributed by atoms with E-state index < -0.39 is 5.41 Å². The maximum absolute atomic E-state index is 12.6. The molecule has 1 fully saturated rings. The van der Waals surface area contributed by atoms with Crippen LogP contribution in [0.25, 0.3) is 0 Å². The van der Waals surface area contributed by atoms with E-state index in [0.29, 0.717) is 32.6 Å². The summed E-state index contributed by atoms with van der Waals surface area (Å²) >= 11 is 0. The highest BCUT2D eigenvalue weighted by atomic mass is 35.5. The SMILES string of the molecule is CC(C)(C)Oc1ccc(NC(=O)C2(CN)CCOCC2)cc1.Cl. The van der Waals surface area contributed by atoms with Gasteiger partial charge in [0.1, 0.15) is 11.4 Å². The largest absolute Gasteiger partial charge is 0.488 e. The molecule has 0 aromatic heterocycles. The third kappa shape index (κ3) is 5.37.